The molecule has 33 heavy (non-hydrogen) atoms. The van der Waals surface area contributed by atoms with Crippen molar-refractivity contribution in [1.29, 1.82) is 0 Å². The Balaban J connectivity index is 1.56. The Hall–Kier alpha value is -1.95. The van der Waals surface area contributed by atoms with Crippen molar-refractivity contribution in [3.63, 3.8) is 0 Å². The first-order chi connectivity index (χ1) is 15.7. The molecule has 2 N–H and O–H groups in total. The zero-order valence-corrected chi connectivity index (χ0v) is 20.9. The van der Waals surface area contributed by atoms with Gasteiger partial charge in [-0.05, 0) is 50.5 Å². The highest BCUT2D eigenvalue weighted by atomic mass is 35.5. The van der Waals surface area contributed by atoms with Gasteiger partial charge in [-0.3, -0.25) is 9.59 Å². The Morgan fingerprint density at radius 3 is 2.79 bits per heavy atom. The Morgan fingerprint density at radius 1 is 1.30 bits per heavy atom. The molecule has 4 nitrogen and oxygen atoms in total. The highest BCUT2D eigenvalue weighted by molar-refractivity contribution is 7.19. The summed E-state index contributed by atoms with van der Waals surface area (Å²) in [6, 6.07) is 8.07. The van der Waals surface area contributed by atoms with Gasteiger partial charge in [0.05, 0.1) is 11.1 Å². The van der Waals surface area contributed by atoms with Gasteiger partial charge in [0.15, 0.2) is 0 Å². The molecular formula is C27H33ClO4S. The normalized spacial score (nSPS) is 21.5. The molecule has 3 rings (SSSR count). The number of Topliss-reactive ketones (excluding diaryl/α,β-unsaturated/α-hetero) is 1. The molecule has 1 unspecified atom stereocenters. The zero-order valence-electron chi connectivity index (χ0n) is 19.3. The molecule has 1 heterocycles. The maximum Gasteiger partial charge on any atom is 0.303 e. The molecule has 6 heteroatoms. The van der Waals surface area contributed by atoms with Crippen LogP contribution in [-0.4, -0.2) is 28.1 Å². The molecule has 0 saturated heterocycles. The van der Waals surface area contributed by atoms with Gasteiger partial charge >= 0.3 is 5.97 Å². The lowest BCUT2D eigenvalue weighted by atomic mass is 9.88. The van der Waals surface area contributed by atoms with Gasteiger partial charge in [-0.2, -0.15) is 0 Å². The van der Waals surface area contributed by atoms with Crippen LogP contribution >= 0.6 is 22.9 Å². The predicted octanol–water partition coefficient (Wildman–Crippen LogP) is 6.84. The van der Waals surface area contributed by atoms with Crippen LogP contribution in [0.15, 0.2) is 48.6 Å². The highest BCUT2D eigenvalue weighted by Crippen LogP contribution is 2.44. The maximum absolute atomic E-state index is 12.9. The molecule has 1 aromatic carbocycles. The number of carboxylic acids is 1. The molecule has 1 aliphatic carbocycles. The molecule has 1 aliphatic rings. The largest absolute Gasteiger partial charge is 0.481 e. The second-order valence-corrected chi connectivity index (χ2v) is 11.1. The van der Waals surface area contributed by atoms with E-state index in [1.807, 2.05) is 56.4 Å². The molecule has 3 atom stereocenters. The number of carboxylic acid groups (broad SMARTS) is 1. The number of thiophene rings is 1. The molecule has 0 aliphatic heterocycles. The van der Waals surface area contributed by atoms with Crippen LogP contribution in [-0.2, 0) is 16.0 Å². The Labute approximate surface area is 205 Å². The minimum atomic E-state index is -0.783. The molecule has 0 amide bonds. The smallest absolute Gasteiger partial charge is 0.303 e. The van der Waals surface area contributed by atoms with Crippen molar-refractivity contribution in [2.45, 2.75) is 64.9 Å². The van der Waals surface area contributed by atoms with Crippen LogP contribution in [0, 0.1) is 17.3 Å². The molecule has 0 radical (unpaired) electrons. The maximum atomic E-state index is 12.9. The van der Waals surface area contributed by atoms with Crippen molar-refractivity contribution in [2.75, 3.05) is 0 Å². The summed E-state index contributed by atoms with van der Waals surface area (Å²) in [7, 11) is 0. The van der Waals surface area contributed by atoms with Gasteiger partial charge in [0, 0.05) is 32.7 Å². The van der Waals surface area contributed by atoms with Gasteiger partial charge in [0.2, 0.25) is 0 Å². The van der Waals surface area contributed by atoms with Crippen LogP contribution in [0.5, 0.6) is 0 Å². The van der Waals surface area contributed by atoms with Crippen LogP contribution < -0.4 is 0 Å². The lowest BCUT2D eigenvalue weighted by Crippen LogP contribution is -2.21. The number of hydrogen-bond acceptors (Lipinski definition) is 4. The fourth-order valence-electron chi connectivity index (χ4n) is 4.62. The Kier molecular flexibility index (Phi) is 8.91. The number of ketones is 1. The molecule has 1 aromatic heterocycles. The number of carbonyl (C=O) groups is 2. The zero-order chi connectivity index (χ0) is 24.0. The summed E-state index contributed by atoms with van der Waals surface area (Å²) in [6.45, 7) is 3.99. The van der Waals surface area contributed by atoms with E-state index >= 15 is 0 Å². The van der Waals surface area contributed by atoms with Crippen molar-refractivity contribution < 1.29 is 19.8 Å². The summed E-state index contributed by atoms with van der Waals surface area (Å²) < 4.78 is 1.16. The van der Waals surface area contributed by atoms with Crippen molar-refractivity contribution in [3.8, 4) is 0 Å². The number of fused-ring (bicyclic) bond motifs is 1. The van der Waals surface area contributed by atoms with E-state index in [1.54, 1.807) is 11.3 Å². The van der Waals surface area contributed by atoms with Gasteiger partial charge in [0.25, 0.3) is 0 Å². The third-order valence-corrected chi connectivity index (χ3v) is 8.21. The summed E-state index contributed by atoms with van der Waals surface area (Å²) in [5.74, 6) is -0.525. The van der Waals surface area contributed by atoms with Gasteiger partial charge in [-0.25, -0.2) is 0 Å². The van der Waals surface area contributed by atoms with Gasteiger partial charge < -0.3 is 10.2 Å². The standard InChI is InChI=1S/C27H33ClO4S/c1-27(2)17-18(20(26(27)32)9-5-3-4-6-12-24(30)31)13-14-19(29)15-16-23-25(28)21-10-7-8-11-22(21)33-23/h3,5,7-8,10-11,13-14,18-20,29H,4,6,9,12,15-17H2,1-2H3,(H,30,31)/b5-3-,14-13+/t18-,19?,20+/m0/s1. The van der Waals surface area contributed by atoms with Crippen molar-refractivity contribution in [3.05, 3.63) is 58.5 Å². The first kappa shape index (κ1) is 25.7. The predicted molar refractivity (Wildman–Crippen MR) is 136 cm³/mol. The van der Waals surface area contributed by atoms with Crippen LogP contribution in [0.3, 0.4) is 0 Å². The van der Waals surface area contributed by atoms with Crippen LogP contribution in [0.25, 0.3) is 10.1 Å². The summed E-state index contributed by atoms with van der Waals surface area (Å²) >= 11 is 8.20. The second kappa shape index (κ2) is 11.5. The van der Waals surface area contributed by atoms with Gasteiger partial charge in [-0.1, -0.05) is 68.0 Å². The van der Waals surface area contributed by atoms with E-state index in [9.17, 15) is 14.7 Å². The van der Waals surface area contributed by atoms with E-state index in [-0.39, 0.29) is 29.5 Å². The van der Waals surface area contributed by atoms with Crippen molar-refractivity contribution in [1.82, 2.24) is 0 Å². The lowest BCUT2D eigenvalue weighted by molar-refractivity contribution is -0.137. The molecule has 2 aromatic rings. The van der Waals surface area contributed by atoms with Crippen LogP contribution in [0.2, 0.25) is 5.02 Å². The quantitative estimate of drug-likeness (QED) is 0.268. The van der Waals surface area contributed by atoms with Gasteiger partial charge in [-0.15, -0.1) is 11.3 Å². The van der Waals surface area contributed by atoms with E-state index < -0.39 is 12.1 Å². The number of carbonyl (C=O) groups excluding carboxylic acids is 1. The highest BCUT2D eigenvalue weighted by Gasteiger charge is 2.45. The van der Waals surface area contributed by atoms with E-state index in [4.69, 9.17) is 16.7 Å². The minimum absolute atomic E-state index is 0.0960. The average Bonchev–Trinajstić information content (AvgIpc) is 3.20. The van der Waals surface area contributed by atoms with E-state index in [0.717, 1.165) is 26.4 Å². The third-order valence-electron chi connectivity index (χ3n) is 6.43. The average molecular weight is 489 g/mol. The SMILES string of the molecule is CC1(C)C[C@H](/C=C/C(O)CCc2sc3ccccc3c2Cl)[C@@H](C/C=C\CCCC(=O)O)C1=O. The Bertz CT molecular complexity index is 1040. The lowest BCUT2D eigenvalue weighted by Gasteiger charge is -2.14. The first-order valence-corrected chi connectivity index (χ1v) is 12.8. The molecule has 0 bridgehead atoms. The molecule has 1 saturated carbocycles. The number of rotatable bonds is 11. The molecule has 0 spiro atoms. The number of aryl methyl sites for hydroxylation is 1. The van der Waals surface area contributed by atoms with Gasteiger partial charge in [0.1, 0.15) is 5.78 Å². The first-order valence-electron chi connectivity index (χ1n) is 11.6. The molecule has 178 valence electrons. The summed E-state index contributed by atoms with van der Waals surface area (Å²) in [5, 5.41) is 21.1. The van der Waals surface area contributed by atoms with Crippen molar-refractivity contribution in [2.24, 2.45) is 17.3 Å². The minimum Gasteiger partial charge on any atom is -0.481 e. The number of aliphatic hydroxyl groups is 1. The van der Waals surface area contributed by atoms with E-state index in [1.165, 1.54) is 0 Å². The van der Waals surface area contributed by atoms with E-state index in [2.05, 4.69) is 6.07 Å². The monoisotopic (exact) mass is 488 g/mol. The number of hydrogen-bond donors (Lipinski definition) is 2. The fourth-order valence-corrected chi connectivity index (χ4v) is 6.16. The number of allylic oxidation sites excluding steroid dienone is 3. The summed E-state index contributed by atoms with van der Waals surface area (Å²) in [5.41, 5.74) is -0.369. The topological polar surface area (TPSA) is 74.6 Å². The van der Waals surface area contributed by atoms with Crippen LogP contribution in [0.1, 0.15) is 57.2 Å². The number of halogens is 1. The number of unbranched alkanes of at least 4 members (excludes halogenated alkanes) is 1. The molecule has 1 fully saturated rings. The molecular weight excluding hydrogens is 456 g/mol. The van der Waals surface area contributed by atoms with E-state index in [0.29, 0.717) is 32.1 Å². The number of aliphatic hydroxyl groups excluding tert-OH is 1. The summed E-state index contributed by atoms with van der Waals surface area (Å²) in [4.78, 5) is 24.6. The van der Waals surface area contributed by atoms with Crippen molar-refractivity contribution >= 4 is 44.8 Å². The second-order valence-electron chi connectivity index (χ2n) is 9.54. The third kappa shape index (κ3) is 6.78. The number of aliphatic carboxylic acids is 1. The van der Waals surface area contributed by atoms with Crippen LogP contribution in [0.4, 0.5) is 0 Å². The number of benzene rings is 1. The Morgan fingerprint density at radius 2 is 2.06 bits per heavy atom. The summed E-state index contributed by atoms with van der Waals surface area (Å²) in [6.07, 6.45) is 11.4. The fraction of sp³-hybridized carbons (Fsp3) is 0.481.